The van der Waals surface area contributed by atoms with E-state index in [1.54, 1.807) is 35.0 Å². The number of carboxylic acids is 1. The average Bonchev–Trinajstić information content (AvgIpc) is 3.31. The van der Waals surface area contributed by atoms with Crippen molar-refractivity contribution in [3.8, 4) is 11.1 Å². The van der Waals surface area contributed by atoms with Gasteiger partial charge in [-0.3, -0.25) is 9.58 Å². The highest BCUT2D eigenvalue weighted by Gasteiger charge is 2.33. The molecule has 1 fully saturated rings. The predicted molar refractivity (Wildman–Crippen MR) is 148 cm³/mol. The van der Waals surface area contributed by atoms with E-state index in [4.69, 9.17) is 16.3 Å². The van der Waals surface area contributed by atoms with Gasteiger partial charge in [-0.25, -0.2) is 9.59 Å². The maximum absolute atomic E-state index is 13.2. The quantitative estimate of drug-likeness (QED) is 0.243. The highest BCUT2D eigenvalue weighted by molar-refractivity contribution is 6.31. The lowest BCUT2D eigenvalue weighted by Gasteiger charge is -2.26. The number of carbonyl (C=O) groups excluding carboxylic acids is 1. The molecule has 0 bridgehead atoms. The van der Waals surface area contributed by atoms with E-state index in [1.165, 1.54) is 6.07 Å². The molecule has 9 nitrogen and oxygen atoms in total. The second kappa shape index (κ2) is 11.8. The predicted octanol–water partition coefficient (Wildman–Crippen LogP) is 6.05. The monoisotopic (exact) mass is 587 g/mol. The van der Waals surface area contributed by atoms with E-state index in [-0.39, 0.29) is 11.4 Å². The molecule has 0 radical (unpaired) electrons. The molecule has 2 heterocycles. The van der Waals surface area contributed by atoms with Crippen LogP contribution in [0.15, 0.2) is 60.7 Å². The summed E-state index contributed by atoms with van der Waals surface area (Å²) >= 11 is 5.65. The molecular weight excluding hydrogens is 563 g/mol. The Labute approximate surface area is 237 Å². The lowest BCUT2D eigenvalue weighted by atomic mass is 10.0. The number of morpholine rings is 1. The Kier molecular flexibility index (Phi) is 8.15. The Hall–Kier alpha value is -4.13. The number of ether oxygens (including phenoxy) is 1. The highest BCUT2D eigenvalue weighted by Crippen LogP contribution is 2.36. The molecule has 1 saturated heterocycles. The molecule has 3 N–H and O–H groups in total. The summed E-state index contributed by atoms with van der Waals surface area (Å²) in [5.41, 5.74) is 1.40. The fourth-order valence-corrected chi connectivity index (χ4v) is 4.86. The Bertz CT molecular complexity index is 1600. The third-order valence-electron chi connectivity index (χ3n) is 6.67. The first-order valence-corrected chi connectivity index (χ1v) is 13.1. The molecule has 1 aliphatic heterocycles. The number of hydrogen-bond donors (Lipinski definition) is 3. The minimum Gasteiger partial charge on any atom is -0.476 e. The zero-order valence-electron chi connectivity index (χ0n) is 21.5. The summed E-state index contributed by atoms with van der Waals surface area (Å²) < 4.78 is 46.5. The maximum Gasteiger partial charge on any atom is 0.417 e. The summed E-state index contributed by atoms with van der Waals surface area (Å²) in [5, 5.41) is 19.1. The second-order valence-corrected chi connectivity index (χ2v) is 9.82. The number of anilines is 2. The summed E-state index contributed by atoms with van der Waals surface area (Å²) in [6.07, 6.45) is -4.66. The summed E-state index contributed by atoms with van der Waals surface area (Å²) in [7, 11) is 0. The molecule has 0 unspecified atom stereocenters. The van der Waals surface area contributed by atoms with Crippen molar-refractivity contribution in [3.05, 3.63) is 76.9 Å². The highest BCUT2D eigenvalue weighted by atomic mass is 35.5. The Morgan fingerprint density at radius 2 is 1.66 bits per heavy atom. The number of urea groups is 1. The van der Waals surface area contributed by atoms with Gasteiger partial charge in [-0.1, -0.05) is 29.8 Å². The van der Waals surface area contributed by atoms with E-state index in [0.29, 0.717) is 42.9 Å². The van der Waals surface area contributed by atoms with Crippen LogP contribution in [0.1, 0.15) is 16.1 Å². The van der Waals surface area contributed by atoms with Crippen molar-refractivity contribution < 1.29 is 32.6 Å². The van der Waals surface area contributed by atoms with Crippen LogP contribution in [-0.2, 0) is 17.5 Å². The molecule has 0 saturated carbocycles. The van der Waals surface area contributed by atoms with Crippen LogP contribution in [0.5, 0.6) is 0 Å². The van der Waals surface area contributed by atoms with E-state index < -0.39 is 28.8 Å². The number of benzene rings is 3. The van der Waals surface area contributed by atoms with E-state index in [2.05, 4.69) is 20.6 Å². The topological polar surface area (TPSA) is 109 Å². The van der Waals surface area contributed by atoms with Gasteiger partial charge in [-0.05, 0) is 53.6 Å². The van der Waals surface area contributed by atoms with Gasteiger partial charge in [0, 0.05) is 36.4 Å². The molecule has 0 aliphatic carbocycles. The van der Waals surface area contributed by atoms with E-state index in [1.807, 2.05) is 12.1 Å². The fraction of sp³-hybridized carbons (Fsp3) is 0.250. The van der Waals surface area contributed by atoms with Crippen molar-refractivity contribution in [2.45, 2.75) is 12.7 Å². The number of aromatic carboxylic acids is 1. The van der Waals surface area contributed by atoms with Gasteiger partial charge in [-0.15, -0.1) is 0 Å². The van der Waals surface area contributed by atoms with Crippen LogP contribution < -0.4 is 10.6 Å². The third-order valence-corrected chi connectivity index (χ3v) is 7.00. The smallest absolute Gasteiger partial charge is 0.417 e. The first-order valence-electron chi connectivity index (χ1n) is 12.7. The molecule has 214 valence electrons. The third kappa shape index (κ3) is 6.62. The van der Waals surface area contributed by atoms with Crippen LogP contribution in [0.4, 0.5) is 29.3 Å². The number of carbonyl (C=O) groups is 2. The fourth-order valence-electron chi connectivity index (χ4n) is 4.63. The van der Waals surface area contributed by atoms with Crippen LogP contribution in [0, 0.1) is 0 Å². The van der Waals surface area contributed by atoms with Crippen molar-refractivity contribution in [1.29, 1.82) is 0 Å². The van der Waals surface area contributed by atoms with Gasteiger partial charge >= 0.3 is 18.2 Å². The Morgan fingerprint density at radius 1 is 0.951 bits per heavy atom. The van der Waals surface area contributed by atoms with Gasteiger partial charge in [0.25, 0.3) is 0 Å². The molecule has 0 atom stereocenters. The molecule has 13 heteroatoms. The summed E-state index contributed by atoms with van der Waals surface area (Å²) in [6.45, 7) is 4.09. The number of alkyl halides is 3. The maximum atomic E-state index is 13.2. The first kappa shape index (κ1) is 28.4. The molecule has 5 rings (SSSR count). The number of fused-ring (bicyclic) bond motifs is 1. The van der Waals surface area contributed by atoms with Crippen LogP contribution >= 0.6 is 11.6 Å². The van der Waals surface area contributed by atoms with Crippen molar-refractivity contribution in [1.82, 2.24) is 14.7 Å². The minimum atomic E-state index is -4.66. The molecule has 2 amide bonds. The van der Waals surface area contributed by atoms with Gasteiger partial charge in [-0.2, -0.15) is 18.3 Å². The van der Waals surface area contributed by atoms with E-state index in [9.17, 15) is 27.9 Å². The van der Waals surface area contributed by atoms with Crippen molar-refractivity contribution in [3.63, 3.8) is 0 Å². The number of hydrogen-bond acceptors (Lipinski definition) is 5. The molecule has 41 heavy (non-hydrogen) atoms. The van der Waals surface area contributed by atoms with Crippen LogP contribution in [-0.4, -0.2) is 64.6 Å². The average molecular weight is 588 g/mol. The molecule has 1 aromatic heterocycles. The Balaban J connectivity index is 1.35. The van der Waals surface area contributed by atoms with Gasteiger partial charge in [0.05, 0.1) is 35.9 Å². The second-order valence-electron chi connectivity index (χ2n) is 9.42. The molecule has 0 spiro atoms. The van der Waals surface area contributed by atoms with Crippen LogP contribution in [0.3, 0.4) is 0 Å². The molecular formula is C28H25ClF3N5O4. The normalized spacial score (nSPS) is 14.2. The van der Waals surface area contributed by atoms with Gasteiger partial charge in [0.1, 0.15) is 0 Å². The van der Waals surface area contributed by atoms with Crippen LogP contribution in [0.2, 0.25) is 5.02 Å². The summed E-state index contributed by atoms with van der Waals surface area (Å²) in [5.74, 6) is -1.12. The summed E-state index contributed by atoms with van der Waals surface area (Å²) in [4.78, 5) is 26.6. The lowest BCUT2D eigenvalue weighted by Crippen LogP contribution is -2.38. The number of nitrogens with one attached hydrogen (secondary N) is 2. The zero-order valence-corrected chi connectivity index (χ0v) is 22.3. The Morgan fingerprint density at radius 3 is 2.37 bits per heavy atom. The van der Waals surface area contributed by atoms with E-state index >= 15 is 0 Å². The standard InChI is InChI=1S/C28H25ClF3N5O4/c29-23-7-5-20(16-22(23)28(30,31)32)34-27(40)33-19-3-1-2-17(14-19)18-4-6-21-24(15-18)37(35-25(21)26(38)39)9-8-36-10-12-41-13-11-36/h1-7,14-16H,8-13H2,(H,38,39)(H2,33,34,40). The number of amides is 2. The van der Waals surface area contributed by atoms with E-state index in [0.717, 1.165) is 36.3 Å². The largest absolute Gasteiger partial charge is 0.476 e. The van der Waals surface area contributed by atoms with Crippen molar-refractivity contribution in [2.24, 2.45) is 0 Å². The molecule has 1 aliphatic rings. The van der Waals surface area contributed by atoms with Gasteiger partial charge in [0.2, 0.25) is 0 Å². The van der Waals surface area contributed by atoms with Gasteiger partial charge < -0.3 is 20.5 Å². The SMILES string of the molecule is O=C(Nc1cccc(-c2ccc3c(C(=O)O)nn(CCN4CCOCC4)c3c2)c1)Nc1ccc(Cl)c(C(F)(F)F)c1. The number of aromatic nitrogens is 2. The van der Waals surface area contributed by atoms with Crippen LogP contribution in [0.25, 0.3) is 22.0 Å². The minimum absolute atomic E-state index is 0.0310. The zero-order chi connectivity index (χ0) is 29.1. The number of halogens is 4. The van der Waals surface area contributed by atoms with Gasteiger partial charge in [0.15, 0.2) is 5.69 Å². The first-order chi connectivity index (χ1) is 19.6. The molecule has 4 aromatic rings. The van der Waals surface area contributed by atoms with Crippen molar-refractivity contribution in [2.75, 3.05) is 43.5 Å². The number of rotatable bonds is 7. The van der Waals surface area contributed by atoms with Crippen molar-refractivity contribution >= 4 is 45.9 Å². The lowest BCUT2D eigenvalue weighted by molar-refractivity contribution is -0.137. The molecule has 3 aromatic carbocycles. The number of carboxylic acid groups (broad SMARTS) is 1. The number of nitrogens with zero attached hydrogens (tertiary/aromatic N) is 3. The summed E-state index contributed by atoms with van der Waals surface area (Å²) in [6, 6.07) is 14.6.